The van der Waals surface area contributed by atoms with E-state index in [2.05, 4.69) is 4.98 Å². The monoisotopic (exact) mass is 260 g/mol. The zero-order valence-electron chi connectivity index (χ0n) is 10.8. The molecule has 2 rings (SSSR count). The van der Waals surface area contributed by atoms with E-state index in [9.17, 15) is 4.79 Å². The Morgan fingerprint density at radius 1 is 1.22 bits per heavy atom. The zero-order chi connectivity index (χ0) is 13.3. The Kier molecular flexibility index (Phi) is 3.59. The first kappa shape index (κ1) is 12.9. The van der Waals surface area contributed by atoms with Crippen LogP contribution in [-0.2, 0) is 6.54 Å². The molecule has 0 aliphatic heterocycles. The second-order valence-electron chi connectivity index (χ2n) is 4.41. The van der Waals surface area contributed by atoms with Gasteiger partial charge in [0.25, 0.3) is 0 Å². The summed E-state index contributed by atoms with van der Waals surface area (Å²) >= 11 is 1.43. The highest BCUT2D eigenvalue weighted by molar-refractivity contribution is 7.09. The Bertz CT molecular complexity index is 602. The molecule has 0 atom stereocenters. The number of benzene rings is 1. The van der Waals surface area contributed by atoms with E-state index in [1.165, 1.54) is 16.9 Å². The molecule has 2 aromatic rings. The number of carbonyl (C=O) groups is 1. The number of rotatable bonds is 3. The van der Waals surface area contributed by atoms with Crippen LogP contribution >= 0.6 is 11.3 Å². The van der Waals surface area contributed by atoms with E-state index in [-0.39, 0.29) is 5.78 Å². The molecule has 0 radical (unpaired) electrons. The number of nitrogens with two attached hydrogens (primary N) is 1. The molecule has 4 heteroatoms. The number of aromatic nitrogens is 1. The summed E-state index contributed by atoms with van der Waals surface area (Å²) in [4.78, 5) is 16.6. The molecule has 0 fully saturated rings. The van der Waals surface area contributed by atoms with Crippen molar-refractivity contribution in [2.24, 2.45) is 5.73 Å². The van der Waals surface area contributed by atoms with Crippen LogP contribution in [0, 0.1) is 20.8 Å². The SMILES string of the molecule is Cc1cc(C)c(C(=O)c2csc(CN)n2)cc1C. The fourth-order valence-electron chi connectivity index (χ4n) is 1.85. The normalized spacial score (nSPS) is 10.7. The Morgan fingerprint density at radius 3 is 2.50 bits per heavy atom. The highest BCUT2D eigenvalue weighted by Gasteiger charge is 2.15. The van der Waals surface area contributed by atoms with Crippen molar-refractivity contribution in [2.45, 2.75) is 27.3 Å². The smallest absolute Gasteiger partial charge is 0.212 e. The molecule has 2 N–H and O–H groups in total. The van der Waals surface area contributed by atoms with Crippen molar-refractivity contribution in [2.75, 3.05) is 0 Å². The summed E-state index contributed by atoms with van der Waals surface area (Å²) in [6.45, 7) is 6.39. The van der Waals surface area contributed by atoms with Crippen molar-refractivity contribution in [3.05, 3.63) is 50.5 Å². The average Bonchev–Trinajstić information content (AvgIpc) is 2.81. The number of nitrogens with zero attached hydrogens (tertiary/aromatic N) is 1. The van der Waals surface area contributed by atoms with Gasteiger partial charge in [0.15, 0.2) is 0 Å². The van der Waals surface area contributed by atoms with Crippen molar-refractivity contribution >= 4 is 17.1 Å². The van der Waals surface area contributed by atoms with Gasteiger partial charge in [0, 0.05) is 17.5 Å². The first-order chi connectivity index (χ1) is 8.52. The van der Waals surface area contributed by atoms with Gasteiger partial charge in [-0.05, 0) is 43.5 Å². The lowest BCUT2D eigenvalue weighted by molar-refractivity contribution is 0.103. The molecule has 1 aromatic heterocycles. The summed E-state index contributed by atoms with van der Waals surface area (Å²) in [5.41, 5.74) is 10.0. The number of hydrogen-bond donors (Lipinski definition) is 1. The summed E-state index contributed by atoms with van der Waals surface area (Å²) in [5, 5.41) is 2.57. The lowest BCUT2D eigenvalue weighted by atomic mass is 9.97. The van der Waals surface area contributed by atoms with Gasteiger partial charge >= 0.3 is 0 Å². The van der Waals surface area contributed by atoms with E-state index in [1.807, 2.05) is 32.9 Å². The van der Waals surface area contributed by atoms with Crippen LogP contribution in [0.4, 0.5) is 0 Å². The Hall–Kier alpha value is -1.52. The van der Waals surface area contributed by atoms with Gasteiger partial charge in [0.05, 0.1) is 0 Å². The van der Waals surface area contributed by atoms with Gasteiger partial charge in [0.1, 0.15) is 10.7 Å². The van der Waals surface area contributed by atoms with Crippen LogP contribution in [-0.4, -0.2) is 10.8 Å². The van der Waals surface area contributed by atoms with E-state index >= 15 is 0 Å². The topological polar surface area (TPSA) is 56.0 Å². The van der Waals surface area contributed by atoms with E-state index in [1.54, 1.807) is 5.38 Å². The molecule has 1 aromatic carbocycles. The summed E-state index contributed by atoms with van der Waals surface area (Å²) < 4.78 is 0. The van der Waals surface area contributed by atoms with Gasteiger partial charge in [0.2, 0.25) is 5.78 Å². The summed E-state index contributed by atoms with van der Waals surface area (Å²) in [6, 6.07) is 3.98. The second-order valence-corrected chi connectivity index (χ2v) is 5.35. The molecule has 1 heterocycles. The fourth-order valence-corrected chi connectivity index (χ4v) is 2.51. The van der Waals surface area contributed by atoms with E-state index < -0.39 is 0 Å². The third-order valence-electron chi connectivity index (χ3n) is 3.04. The standard InChI is InChI=1S/C14H16N2OS/c1-8-4-10(3)11(5-9(8)2)14(17)12-7-18-13(6-15)16-12/h4-5,7H,6,15H2,1-3H3. The maximum Gasteiger partial charge on any atom is 0.212 e. The van der Waals surface area contributed by atoms with Crippen LogP contribution < -0.4 is 5.73 Å². The molecule has 3 nitrogen and oxygen atoms in total. The van der Waals surface area contributed by atoms with Crippen molar-refractivity contribution in [3.8, 4) is 0 Å². The minimum absolute atomic E-state index is 0.0217. The second kappa shape index (κ2) is 5.00. The molecule has 0 bridgehead atoms. The number of aryl methyl sites for hydroxylation is 3. The number of carbonyl (C=O) groups excluding carboxylic acids is 1. The molecule has 0 amide bonds. The first-order valence-electron chi connectivity index (χ1n) is 5.80. The average molecular weight is 260 g/mol. The highest BCUT2D eigenvalue weighted by Crippen LogP contribution is 2.20. The maximum absolute atomic E-state index is 12.4. The van der Waals surface area contributed by atoms with E-state index in [0.29, 0.717) is 12.2 Å². The van der Waals surface area contributed by atoms with Crippen molar-refractivity contribution in [3.63, 3.8) is 0 Å². The molecule has 0 unspecified atom stereocenters. The lowest BCUT2D eigenvalue weighted by Crippen LogP contribution is -2.06. The quantitative estimate of drug-likeness (QED) is 0.863. The number of hydrogen-bond acceptors (Lipinski definition) is 4. The third-order valence-corrected chi connectivity index (χ3v) is 3.92. The van der Waals surface area contributed by atoms with Crippen LogP contribution in [0.15, 0.2) is 17.5 Å². The van der Waals surface area contributed by atoms with Gasteiger partial charge < -0.3 is 5.73 Å². The predicted molar refractivity (Wildman–Crippen MR) is 74.1 cm³/mol. The molecule has 94 valence electrons. The summed E-state index contributed by atoms with van der Waals surface area (Å²) in [5.74, 6) is -0.0217. The largest absolute Gasteiger partial charge is 0.325 e. The van der Waals surface area contributed by atoms with E-state index in [0.717, 1.165) is 21.7 Å². The Morgan fingerprint density at radius 2 is 1.89 bits per heavy atom. The zero-order valence-corrected chi connectivity index (χ0v) is 11.6. The van der Waals surface area contributed by atoms with Gasteiger partial charge in [-0.3, -0.25) is 4.79 Å². The van der Waals surface area contributed by atoms with Crippen molar-refractivity contribution in [1.82, 2.24) is 4.98 Å². The summed E-state index contributed by atoms with van der Waals surface area (Å²) in [7, 11) is 0. The van der Waals surface area contributed by atoms with Crippen LogP contribution in [0.5, 0.6) is 0 Å². The molecular formula is C14H16N2OS. The third kappa shape index (κ3) is 2.35. The van der Waals surface area contributed by atoms with Crippen LogP contribution in [0.1, 0.15) is 37.7 Å². The fraction of sp³-hybridized carbons (Fsp3) is 0.286. The van der Waals surface area contributed by atoms with Crippen molar-refractivity contribution in [1.29, 1.82) is 0 Å². The number of thiazole rings is 1. The van der Waals surface area contributed by atoms with Crippen molar-refractivity contribution < 1.29 is 4.79 Å². The first-order valence-corrected chi connectivity index (χ1v) is 6.68. The summed E-state index contributed by atoms with van der Waals surface area (Å²) in [6.07, 6.45) is 0. The van der Waals surface area contributed by atoms with Crippen LogP contribution in [0.25, 0.3) is 0 Å². The number of ketones is 1. The van der Waals surface area contributed by atoms with Gasteiger partial charge in [-0.1, -0.05) is 6.07 Å². The molecule has 0 aliphatic rings. The minimum atomic E-state index is -0.0217. The Balaban J connectivity index is 2.42. The van der Waals surface area contributed by atoms with Gasteiger partial charge in [-0.25, -0.2) is 4.98 Å². The Labute approximate surface area is 111 Å². The molecule has 18 heavy (non-hydrogen) atoms. The predicted octanol–water partition coefficient (Wildman–Crippen LogP) is 2.76. The molecule has 0 saturated heterocycles. The molecule has 0 aliphatic carbocycles. The van der Waals surface area contributed by atoms with Crippen LogP contribution in [0.2, 0.25) is 0 Å². The lowest BCUT2D eigenvalue weighted by Gasteiger charge is -2.07. The molecule has 0 saturated carbocycles. The molecular weight excluding hydrogens is 244 g/mol. The van der Waals surface area contributed by atoms with Gasteiger partial charge in [-0.2, -0.15) is 0 Å². The minimum Gasteiger partial charge on any atom is -0.325 e. The highest BCUT2D eigenvalue weighted by atomic mass is 32.1. The molecule has 0 spiro atoms. The maximum atomic E-state index is 12.4. The van der Waals surface area contributed by atoms with E-state index in [4.69, 9.17) is 5.73 Å². The van der Waals surface area contributed by atoms with Gasteiger partial charge in [-0.15, -0.1) is 11.3 Å². The van der Waals surface area contributed by atoms with Crippen LogP contribution in [0.3, 0.4) is 0 Å².